The SMILES string of the molecule is CSc1cccc(NC(=O)c2ccccc2SCc2noc(C)n2)c1. The predicted molar refractivity (Wildman–Crippen MR) is 101 cm³/mol. The number of amides is 1. The fraction of sp³-hybridized carbons (Fsp3) is 0.167. The van der Waals surface area contributed by atoms with E-state index in [-0.39, 0.29) is 5.91 Å². The average Bonchev–Trinajstić information content (AvgIpc) is 3.05. The molecule has 3 rings (SSSR count). The van der Waals surface area contributed by atoms with Crippen molar-refractivity contribution in [1.82, 2.24) is 10.1 Å². The van der Waals surface area contributed by atoms with E-state index < -0.39 is 0 Å². The maximum atomic E-state index is 12.7. The predicted octanol–water partition coefficient (Wildman–Crippen LogP) is 4.64. The Morgan fingerprint density at radius 1 is 1.20 bits per heavy atom. The zero-order valence-electron chi connectivity index (χ0n) is 13.9. The highest BCUT2D eigenvalue weighted by molar-refractivity contribution is 7.98. The number of thioether (sulfide) groups is 2. The summed E-state index contributed by atoms with van der Waals surface area (Å²) < 4.78 is 4.98. The molecule has 1 aromatic heterocycles. The third-order valence-electron chi connectivity index (χ3n) is 3.39. The van der Waals surface area contributed by atoms with Crippen molar-refractivity contribution in [3.63, 3.8) is 0 Å². The van der Waals surface area contributed by atoms with Crippen molar-refractivity contribution in [2.24, 2.45) is 0 Å². The van der Waals surface area contributed by atoms with Gasteiger partial charge in [0.05, 0.1) is 11.3 Å². The summed E-state index contributed by atoms with van der Waals surface area (Å²) in [5.41, 5.74) is 1.41. The molecule has 7 heteroatoms. The van der Waals surface area contributed by atoms with Crippen LogP contribution in [0.4, 0.5) is 5.69 Å². The summed E-state index contributed by atoms with van der Waals surface area (Å²) >= 11 is 3.15. The first-order chi connectivity index (χ1) is 12.2. The standard InChI is InChI=1S/C18H17N3O2S2/c1-12-19-17(21-23-12)11-25-16-9-4-3-8-15(16)18(22)20-13-6-5-7-14(10-13)24-2/h3-10H,11H2,1-2H3,(H,20,22). The number of aryl methyl sites for hydroxylation is 1. The Balaban J connectivity index is 1.73. The highest BCUT2D eigenvalue weighted by Crippen LogP contribution is 2.27. The van der Waals surface area contributed by atoms with Crippen LogP contribution in [-0.4, -0.2) is 22.3 Å². The third-order valence-corrected chi connectivity index (χ3v) is 5.18. The molecule has 1 amide bonds. The van der Waals surface area contributed by atoms with Crippen molar-refractivity contribution in [2.75, 3.05) is 11.6 Å². The van der Waals surface area contributed by atoms with E-state index in [4.69, 9.17) is 4.52 Å². The quantitative estimate of drug-likeness (QED) is 0.637. The monoisotopic (exact) mass is 371 g/mol. The fourth-order valence-corrected chi connectivity index (χ4v) is 3.57. The molecule has 0 fully saturated rings. The number of hydrogen-bond acceptors (Lipinski definition) is 6. The molecule has 0 bridgehead atoms. The van der Waals surface area contributed by atoms with Gasteiger partial charge in [-0.05, 0) is 36.6 Å². The van der Waals surface area contributed by atoms with E-state index in [9.17, 15) is 4.79 Å². The summed E-state index contributed by atoms with van der Waals surface area (Å²) in [5, 5.41) is 6.84. The van der Waals surface area contributed by atoms with Crippen molar-refractivity contribution in [1.29, 1.82) is 0 Å². The second-order valence-corrected chi connectivity index (χ2v) is 7.10. The van der Waals surface area contributed by atoms with Gasteiger partial charge >= 0.3 is 0 Å². The van der Waals surface area contributed by atoms with Gasteiger partial charge in [0.15, 0.2) is 5.82 Å². The van der Waals surface area contributed by atoms with Gasteiger partial charge in [-0.2, -0.15) is 4.98 Å². The molecule has 0 aliphatic carbocycles. The van der Waals surface area contributed by atoms with Crippen molar-refractivity contribution in [3.05, 3.63) is 65.8 Å². The van der Waals surface area contributed by atoms with Gasteiger partial charge in [0.1, 0.15) is 0 Å². The van der Waals surface area contributed by atoms with Crippen molar-refractivity contribution in [2.45, 2.75) is 22.5 Å². The molecule has 0 radical (unpaired) electrons. The summed E-state index contributed by atoms with van der Waals surface area (Å²) in [5.74, 6) is 1.56. The molecule has 25 heavy (non-hydrogen) atoms. The van der Waals surface area contributed by atoms with Gasteiger partial charge in [0.25, 0.3) is 5.91 Å². The fourth-order valence-electron chi connectivity index (χ4n) is 2.22. The van der Waals surface area contributed by atoms with Crippen molar-refractivity contribution in [3.8, 4) is 0 Å². The Bertz CT molecular complexity index is 880. The van der Waals surface area contributed by atoms with E-state index in [2.05, 4.69) is 15.5 Å². The maximum Gasteiger partial charge on any atom is 0.256 e. The van der Waals surface area contributed by atoms with Gasteiger partial charge in [-0.25, -0.2) is 0 Å². The first-order valence-electron chi connectivity index (χ1n) is 7.62. The molecule has 5 nitrogen and oxygen atoms in total. The molecular formula is C18H17N3O2S2. The molecule has 1 N–H and O–H groups in total. The van der Waals surface area contributed by atoms with Crippen LogP contribution in [0.2, 0.25) is 0 Å². The number of carbonyl (C=O) groups is 1. The van der Waals surface area contributed by atoms with Crippen LogP contribution >= 0.6 is 23.5 Å². The van der Waals surface area contributed by atoms with Gasteiger partial charge in [-0.3, -0.25) is 4.79 Å². The molecule has 128 valence electrons. The maximum absolute atomic E-state index is 12.7. The van der Waals surface area contributed by atoms with Crippen molar-refractivity contribution >= 4 is 35.1 Å². The summed E-state index contributed by atoms with van der Waals surface area (Å²) in [6.45, 7) is 1.76. The Hall–Kier alpha value is -2.25. The lowest BCUT2D eigenvalue weighted by atomic mass is 10.2. The molecule has 0 aliphatic heterocycles. The first kappa shape index (κ1) is 17.6. The Morgan fingerprint density at radius 3 is 2.80 bits per heavy atom. The van der Waals surface area contributed by atoms with Gasteiger partial charge < -0.3 is 9.84 Å². The van der Waals surface area contributed by atoms with Crippen LogP contribution in [0.25, 0.3) is 0 Å². The van der Waals surface area contributed by atoms with E-state index in [1.54, 1.807) is 18.7 Å². The molecule has 0 saturated carbocycles. The molecular weight excluding hydrogens is 354 g/mol. The lowest BCUT2D eigenvalue weighted by Crippen LogP contribution is -2.13. The Kier molecular flexibility index (Phi) is 5.78. The van der Waals surface area contributed by atoms with Crippen LogP contribution in [0.3, 0.4) is 0 Å². The van der Waals surface area contributed by atoms with Crippen LogP contribution in [0.5, 0.6) is 0 Å². The molecule has 0 aliphatic rings. The zero-order chi connectivity index (χ0) is 17.6. The largest absolute Gasteiger partial charge is 0.340 e. The normalized spacial score (nSPS) is 10.6. The zero-order valence-corrected chi connectivity index (χ0v) is 15.5. The number of hydrogen-bond donors (Lipinski definition) is 1. The van der Waals surface area contributed by atoms with E-state index >= 15 is 0 Å². The highest BCUT2D eigenvalue weighted by Gasteiger charge is 2.13. The summed E-state index contributed by atoms with van der Waals surface area (Å²) in [4.78, 5) is 18.8. The summed E-state index contributed by atoms with van der Waals surface area (Å²) in [6.07, 6.45) is 2.01. The van der Waals surface area contributed by atoms with Crippen LogP contribution in [0.15, 0.2) is 62.8 Å². The molecule has 2 aromatic carbocycles. The van der Waals surface area contributed by atoms with Gasteiger partial charge in [-0.15, -0.1) is 23.5 Å². The van der Waals surface area contributed by atoms with Crippen LogP contribution < -0.4 is 5.32 Å². The number of benzene rings is 2. The molecule has 3 aromatic rings. The lowest BCUT2D eigenvalue weighted by molar-refractivity contribution is 0.102. The average molecular weight is 371 g/mol. The third kappa shape index (κ3) is 4.64. The molecule has 1 heterocycles. The molecule has 0 saturated heterocycles. The molecule has 0 unspecified atom stereocenters. The first-order valence-corrected chi connectivity index (χ1v) is 9.83. The second kappa shape index (κ2) is 8.22. The lowest BCUT2D eigenvalue weighted by Gasteiger charge is -2.10. The smallest absolute Gasteiger partial charge is 0.256 e. The Labute approximate surface area is 154 Å². The van der Waals surface area contributed by atoms with Crippen LogP contribution in [0.1, 0.15) is 22.1 Å². The topological polar surface area (TPSA) is 68.0 Å². The van der Waals surface area contributed by atoms with Crippen molar-refractivity contribution < 1.29 is 9.32 Å². The summed E-state index contributed by atoms with van der Waals surface area (Å²) in [6, 6.07) is 15.3. The van der Waals surface area contributed by atoms with Gasteiger partial charge in [-0.1, -0.05) is 23.4 Å². The molecule has 0 atom stereocenters. The Morgan fingerprint density at radius 2 is 2.04 bits per heavy atom. The van der Waals surface area contributed by atoms with E-state index in [0.717, 1.165) is 15.5 Å². The van der Waals surface area contributed by atoms with E-state index in [1.807, 2.05) is 54.8 Å². The highest BCUT2D eigenvalue weighted by atomic mass is 32.2. The van der Waals surface area contributed by atoms with E-state index in [1.165, 1.54) is 11.8 Å². The second-order valence-electron chi connectivity index (χ2n) is 5.20. The molecule has 0 spiro atoms. The minimum atomic E-state index is -0.134. The van der Waals surface area contributed by atoms with Crippen LogP contribution in [-0.2, 0) is 5.75 Å². The minimum absolute atomic E-state index is 0.134. The van der Waals surface area contributed by atoms with Gasteiger partial charge in [0, 0.05) is 22.4 Å². The number of nitrogens with one attached hydrogen (secondary N) is 1. The van der Waals surface area contributed by atoms with Crippen LogP contribution in [0, 0.1) is 6.92 Å². The number of rotatable bonds is 6. The summed E-state index contributed by atoms with van der Waals surface area (Å²) in [7, 11) is 0. The number of carbonyl (C=O) groups excluding carboxylic acids is 1. The van der Waals surface area contributed by atoms with Gasteiger partial charge in [0.2, 0.25) is 5.89 Å². The number of aromatic nitrogens is 2. The van der Waals surface area contributed by atoms with E-state index in [0.29, 0.717) is 23.0 Å². The minimum Gasteiger partial charge on any atom is -0.340 e. The number of nitrogens with zero attached hydrogens (tertiary/aromatic N) is 2. The number of anilines is 1.